The first-order valence-electron chi connectivity index (χ1n) is 5.02. The van der Waals surface area contributed by atoms with Gasteiger partial charge in [-0.15, -0.1) is 0 Å². The van der Waals surface area contributed by atoms with Gasteiger partial charge in [0, 0.05) is 5.39 Å². The summed E-state index contributed by atoms with van der Waals surface area (Å²) in [6.07, 6.45) is 3.54. The summed E-state index contributed by atoms with van der Waals surface area (Å²) >= 11 is 0. The number of pyridine rings is 1. The van der Waals surface area contributed by atoms with E-state index in [9.17, 15) is 0 Å². The van der Waals surface area contributed by atoms with Crippen LogP contribution >= 0.6 is 0 Å². The van der Waals surface area contributed by atoms with Crippen LogP contribution in [0.5, 0.6) is 0 Å². The van der Waals surface area contributed by atoms with Crippen LogP contribution in [-0.4, -0.2) is 15.9 Å². The summed E-state index contributed by atoms with van der Waals surface area (Å²) in [6, 6.07) is 11.9. The molecule has 1 N–H and O–H groups in total. The minimum atomic E-state index is 0.551. The van der Waals surface area contributed by atoms with Crippen molar-refractivity contribution in [2.45, 2.75) is 6.92 Å². The number of benzene rings is 1. The van der Waals surface area contributed by atoms with Gasteiger partial charge in [-0.2, -0.15) is 0 Å². The zero-order valence-electron chi connectivity index (χ0n) is 8.96. The summed E-state index contributed by atoms with van der Waals surface area (Å²) in [5.74, 6) is 0. The van der Waals surface area contributed by atoms with E-state index in [2.05, 4.69) is 10.1 Å². The van der Waals surface area contributed by atoms with Crippen molar-refractivity contribution in [2.24, 2.45) is 5.16 Å². The molecule has 1 aromatic carbocycles. The molecule has 80 valence electrons. The number of oxime groups is 1. The van der Waals surface area contributed by atoms with Gasteiger partial charge in [0.05, 0.1) is 16.9 Å². The summed E-state index contributed by atoms with van der Waals surface area (Å²) in [5, 5.41) is 12.7. The van der Waals surface area contributed by atoms with Crippen LogP contribution in [0.2, 0.25) is 0 Å². The van der Waals surface area contributed by atoms with Gasteiger partial charge < -0.3 is 5.21 Å². The zero-order chi connectivity index (χ0) is 11.4. The van der Waals surface area contributed by atoms with Crippen LogP contribution in [0.15, 0.2) is 47.6 Å². The molecule has 1 aromatic heterocycles. The number of para-hydroxylation sites is 1. The van der Waals surface area contributed by atoms with Crippen molar-refractivity contribution < 1.29 is 5.21 Å². The third-order valence-corrected chi connectivity index (χ3v) is 2.27. The van der Waals surface area contributed by atoms with E-state index in [-0.39, 0.29) is 0 Å². The van der Waals surface area contributed by atoms with Gasteiger partial charge in [0.25, 0.3) is 0 Å². The molecule has 0 aliphatic heterocycles. The predicted molar refractivity (Wildman–Crippen MR) is 65.7 cm³/mol. The summed E-state index contributed by atoms with van der Waals surface area (Å²) in [7, 11) is 0. The maximum absolute atomic E-state index is 8.50. The van der Waals surface area contributed by atoms with Gasteiger partial charge in [0.1, 0.15) is 0 Å². The minimum absolute atomic E-state index is 0.551. The monoisotopic (exact) mass is 212 g/mol. The van der Waals surface area contributed by atoms with Crippen molar-refractivity contribution in [1.82, 2.24) is 4.98 Å². The number of allylic oxidation sites excluding steroid dienone is 1. The van der Waals surface area contributed by atoms with E-state index in [1.807, 2.05) is 42.5 Å². The van der Waals surface area contributed by atoms with Crippen LogP contribution in [0.25, 0.3) is 17.0 Å². The molecule has 16 heavy (non-hydrogen) atoms. The third-order valence-electron chi connectivity index (χ3n) is 2.27. The maximum atomic E-state index is 8.50. The lowest BCUT2D eigenvalue weighted by Gasteiger charge is -1.97. The molecule has 0 atom stereocenters. The van der Waals surface area contributed by atoms with Gasteiger partial charge in [-0.25, -0.2) is 4.98 Å². The molecule has 1 heterocycles. The Labute approximate surface area is 93.7 Å². The normalized spacial score (nSPS) is 12.4. The molecule has 3 nitrogen and oxygen atoms in total. The van der Waals surface area contributed by atoms with Crippen LogP contribution in [0, 0.1) is 0 Å². The van der Waals surface area contributed by atoms with E-state index < -0.39 is 0 Å². The standard InChI is InChI=1S/C13H12N2O/c1-10(15-16)6-8-12-9-7-11-4-2-3-5-13(11)14-12/h2-9,16H,1H3. The topological polar surface area (TPSA) is 45.5 Å². The van der Waals surface area contributed by atoms with Crippen molar-refractivity contribution in [1.29, 1.82) is 0 Å². The van der Waals surface area contributed by atoms with Crippen molar-refractivity contribution in [3.63, 3.8) is 0 Å². The van der Waals surface area contributed by atoms with E-state index in [1.165, 1.54) is 0 Å². The number of hydrogen-bond acceptors (Lipinski definition) is 3. The molecule has 0 amide bonds. The molecule has 0 fully saturated rings. The highest BCUT2D eigenvalue weighted by Gasteiger charge is 1.94. The molecule has 0 aliphatic rings. The van der Waals surface area contributed by atoms with Gasteiger partial charge in [-0.3, -0.25) is 0 Å². The number of fused-ring (bicyclic) bond motifs is 1. The first-order valence-corrected chi connectivity index (χ1v) is 5.02. The molecular weight excluding hydrogens is 200 g/mol. The van der Waals surface area contributed by atoms with Crippen LogP contribution in [0.4, 0.5) is 0 Å². The Kier molecular flexibility index (Phi) is 2.96. The molecule has 0 bridgehead atoms. The lowest BCUT2D eigenvalue weighted by molar-refractivity contribution is 0.319. The molecule has 3 heteroatoms. The van der Waals surface area contributed by atoms with E-state index in [1.54, 1.807) is 13.0 Å². The smallest absolute Gasteiger partial charge is 0.0765 e. The van der Waals surface area contributed by atoms with Crippen LogP contribution in [0.1, 0.15) is 12.6 Å². The zero-order valence-corrected chi connectivity index (χ0v) is 8.96. The second kappa shape index (κ2) is 4.57. The Morgan fingerprint density at radius 3 is 2.88 bits per heavy atom. The maximum Gasteiger partial charge on any atom is 0.0765 e. The molecule has 2 aromatic rings. The van der Waals surface area contributed by atoms with Gasteiger partial charge in [0.2, 0.25) is 0 Å². The van der Waals surface area contributed by atoms with Gasteiger partial charge in [-0.1, -0.05) is 29.4 Å². The Morgan fingerprint density at radius 1 is 1.25 bits per heavy atom. The average molecular weight is 212 g/mol. The molecule has 0 radical (unpaired) electrons. The second-order valence-electron chi connectivity index (χ2n) is 3.50. The number of rotatable bonds is 2. The largest absolute Gasteiger partial charge is 0.411 e. The summed E-state index contributed by atoms with van der Waals surface area (Å²) < 4.78 is 0. The highest BCUT2D eigenvalue weighted by Crippen LogP contribution is 2.12. The fourth-order valence-electron chi connectivity index (χ4n) is 1.41. The van der Waals surface area contributed by atoms with Gasteiger partial charge in [0.15, 0.2) is 0 Å². The second-order valence-corrected chi connectivity index (χ2v) is 3.50. The summed E-state index contributed by atoms with van der Waals surface area (Å²) in [5.41, 5.74) is 2.36. The van der Waals surface area contributed by atoms with Gasteiger partial charge in [-0.05, 0) is 31.2 Å². The van der Waals surface area contributed by atoms with Crippen molar-refractivity contribution in [3.8, 4) is 0 Å². The Hall–Kier alpha value is -2.16. The van der Waals surface area contributed by atoms with E-state index in [0.29, 0.717) is 5.71 Å². The first-order chi connectivity index (χ1) is 7.79. The number of hydrogen-bond donors (Lipinski definition) is 1. The van der Waals surface area contributed by atoms with Crippen LogP contribution in [-0.2, 0) is 0 Å². The Morgan fingerprint density at radius 2 is 2.06 bits per heavy atom. The van der Waals surface area contributed by atoms with E-state index >= 15 is 0 Å². The quantitative estimate of drug-likeness (QED) is 0.472. The fourth-order valence-corrected chi connectivity index (χ4v) is 1.41. The SMILES string of the molecule is CC(C=Cc1ccc2ccccc2n1)=NO. The van der Waals surface area contributed by atoms with E-state index in [0.717, 1.165) is 16.6 Å². The lowest BCUT2D eigenvalue weighted by atomic mass is 10.2. The highest BCUT2D eigenvalue weighted by atomic mass is 16.4. The molecular formula is C13H12N2O. The molecule has 0 unspecified atom stereocenters. The predicted octanol–water partition coefficient (Wildman–Crippen LogP) is 3.10. The number of nitrogens with zero attached hydrogens (tertiary/aromatic N) is 2. The van der Waals surface area contributed by atoms with Crippen molar-refractivity contribution in [2.75, 3.05) is 0 Å². The van der Waals surface area contributed by atoms with Gasteiger partial charge >= 0.3 is 0 Å². The van der Waals surface area contributed by atoms with Crippen LogP contribution in [0.3, 0.4) is 0 Å². The van der Waals surface area contributed by atoms with Crippen LogP contribution < -0.4 is 0 Å². The van der Waals surface area contributed by atoms with Crippen molar-refractivity contribution in [3.05, 3.63) is 48.2 Å². The average Bonchev–Trinajstić information content (AvgIpc) is 2.35. The molecule has 2 rings (SSSR count). The van der Waals surface area contributed by atoms with E-state index in [4.69, 9.17) is 5.21 Å². The highest BCUT2D eigenvalue weighted by molar-refractivity contribution is 5.95. The lowest BCUT2D eigenvalue weighted by Crippen LogP contribution is -1.86. The molecule has 0 spiro atoms. The summed E-state index contributed by atoms with van der Waals surface area (Å²) in [4.78, 5) is 4.46. The summed E-state index contributed by atoms with van der Waals surface area (Å²) in [6.45, 7) is 1.72. The molecule has 0 aliphatic carbocycles. The Balaban J connectivity index is 2.36. The Bertz CT molecular complexity index is 559. The molecule has 0 saturated heterocycles. The van der Waals surface area contributed by atoms with Crippen molar-refractivity contribution >= 4 is 22.7 Å². The number of aromatic nitrogens is 1. The fraction of sp³-hybridized carbons (Fsp3) is 0.0769. The molecule has 0 saturated carbocycles. The third kappa shape index (κ3) is 2.25. The minimum Gasteiger partial charge on any atom is -0.411 e. The first kappa shape index (κ1) is 10.4.